The molecule has 0 saturated carbocycles. The van der Waals surface area contributed by atoms with E-state index in [9.17, 15) is 0 Å². The molecule has 3 aliphatic rings. The van der Waals surface area contributed by atoms with E-state index in [-0.39, 0.29) is 43.5 Å². The number of hydrogen-bond acceptors (Lipinski definition) is 4. The smallest absolute Gasteiger partial charge is 0.353 e. The maximum absolute atomic E-state index is 5.95. The fraction of sp³-hybridized carbons (Fsp3) is 0.714. The maximum atomic E-state index is 5.95. The van der Waals surface area contributed by atoms with E-state index in [0.717, 1.165) is 6.42 Å². The summed E-state index contributed by atoms with van der Waals surface area (Å²) in [7, 11) is 1.65. The van der Waals surface area contributed by atoms with E-state index in [4.69, 9.17) is 18.9 Å². The summed E-state index contributed by atoms with van der Waals surface area (Å²) in [6.07, 6.45) is 8.96. The number of ether oxygens (including phenoxy) is 4. The molecule has 0 bridgehead atoms. The second-order valence-corrected chi connectivity index (χ2v) is 5.51. The SMILES string of the molecule is COC1OC(CC2C=CC=C2)C2OC(C)(C)O[C@H]12.[Li+]. The molecular formula is C14H20LiO4+. The molecule has 2 fully saturated rings. The van der Waals surface area contributed by atoms with E-state index >= 15 is 0 Å². The zero-order valence-electron chi connectivity index (χ0n) is 12.0. The van der Waals surface area contributed by atoms with Crippen LogP contribution in [0.15, 0.2) is 24.3 Å². The van der Waals surface area contributed by atoms with Gasteiger partial charge in [0, 0.05) is 7.11 Å². The molecule has 0 aromatic rings. The van der Waals surface area contributed by atoms with E-state index in [1.165, 1.54) is 0 Å². The van der Waals surface area contributed by atoms with Crippen molar-refractivity contribution in [2.24, 2.45) is 5.92 Å². The zero-order chi connectivity index (χ0) is 12.8. The van der Waals surface area contributed by atoms with Crippen molar-refractivity contribution in [2.75, 3.05) is 7.11 Å². The molecule has 0 aromatic carbocycles. The van der Waals surface area contributed by atoms with Crippen LogP contribution in [-0.4, -0.2) is 37.5 Å². The van der Waals surface area contributed by atoms with Gasteiger partial charge in [-0.15, -0.1) is 0 Å². The minimum Gasteiger partial charge on any atom is -0.353 e. The molecule has 4 nitrogen and oxygen atoms in total. The first-order valence-corrected chi connectivity index (χ1v) is 6.48. The molecule has 3 unspecified atom stereocenters. The summed E-state index contributed by atoms with van der Waals surface area (Å²) in [4.78, 5) is 0. The van der Waals surface area contributed by atoms with E-state index in [2.05, 4.69) is 24.3 Å². The molecule has 5 heteroatoms. The van der Waals surface area contributed by atoms with Crippen LogP contribution < -0.4 is 18.9 Å². The van der Waals surface area contributed by atoms with Crippen LogP contribution in [0.5, 0.6) is 0 Å². The van der Waals surface area contributed by atoms with Crippen molar-refractivity contribution in [1.82, 2.24) is 0 Å². The van der Waals surface area contributed by atoms with Crippen LogP contribution in [0.1, 0.15) is 20.3 Å². The molecule has 4 atom stereocenters. The van der Waals surface area contributed by atoms with Gasteiger partial charge >= 0.3 is 18.9 Å². The van der Waals surface area contributed by atoms with Crippen molar-refractivity contribution in [3.05, 3.63) is 24.3 Å². The summed E-state index contributed by atoms with van der Waals surface area (Å²) in [6, 6.07) is 0. The summed E-state index contributed by atoms with van der Waals surface area (Å²) in [5.74, 6) is -0.117. The maximum Gasteiger partial charge on any atom is 1.00 e. The summed E-state index contributed by atoms with van der Waals surface area (Å²) < 4.78 is 23.1. The summed E-state index contributed by atoms with van der Waals surface area (Å²) in [5.41, 5.74) is 0. The van der Waals surface area contributed by atoms with Crippen LogP contribution in [0.4, 0.5) is 0 Å². The molecule has 100 valence electrons. The molecule has 2 saturated heterocycles. The van der Waals surface area contributed by atoms with Crippen LogP contribution in [0.3, 0.4) is 0 Å². The summed E-state index contributed by atoms with van der Waals surface area (Å²) in [6.45, 7) is 3.87. The average molecular weight is 259 g/mol. The number of rotatable bonds is 3. The number of hydrogen-bond donors (Lipinski definition) is 0. The van der Waals surface area contributed by atoms with E-state index in [1.807, 2.05) is 13.8 Å². The molecule has 1 aliphatic carbocycles. The molecule has 0 radical (unpaired) electrons. The van der Waals surface area contributed by atoms with Crippen molar-refractivity contribution >= 4 is 0 Å². The Morgan fingerprint density at radius 1 is 1.11 bits per heavy atom. The van der Waals surface area contributed by atoms with Gasteiger partial charge in [-0.1, -0.05) is 24.3 Å². The average Bonchev–Trinajstić information content (AvgIpc) is 2.96. The van der Waals surface area contributed by atoms with Gasteiger partial charge in [-0.25, -0.2) is 0 Å². The van der Waals surface area contributed by atoms with E-state index in [0.29, 0.717) is 5.92 Å². The third kappa shape index (κ3) is 3.00. The molecular weight excluding hydrogens is 239 g/mol. The molecule has 0 N–H and O–H groups in total. The normalized spacial score (nSPS) is 39.5. The fourth-order valence-electron chi connectivity index (χ4n) is 2.92. The molecule has 2 heterocycles. The first-order valence-electron chi connectivity index (χ1n) is 6.48. The van der Waals surface area contributed by atoms with Crippen molar-refractivity contribution in [3.8, 4) is 0 Å². The van der Waals surface area contributed by atoms with Gasteiger partial charge in [0.25, 0.3) is 0 Å². The zero-order valence-corrected chi connectivity index (χ0v) is 12.0. The summed E-state index contributed by atoms with van der Waals surface area (Å²) in [5, 5.41) is 0. The molecule has 0 aromatic heterocycles. The first kappa shape index (κ1) is 15.3. The van der Waals surface area contributed by atoms with Crippen LogP contribution in [0.2, 0.25) is 0 Å². The second-order valence-electron chi connectivity index (χ2n) is 5.51. The van der Waals surface area contributed by atoms with E-state index in [1.54, 1.807) is 7.11 Å². The first-order chi connectivity index (χ1) is 8.59. The Labute approximate surface area is 126 Å². The number of allylic oxidation sites excluding steroid dienone is 4. The topological polar surface area (TPSA) is 36.9 Å². The van der Waals surface area contributed by atoms with Crippen LogP contribution >= 0.6 is 0 Å². The van der Waals surface area contributed by atoms with Crippen molar-refractivity contribution in [3.63, 3.8) is 0 Å². The Morgan fingerprint density at radius 3 is 2.37 bits per heavy atom. The largest absolute Gasteiger partial charge is 1.00 e. The van der Waals surface area contributed by atoms with Gasteiger partial charge in [0.1, 0.15) is 12.2 Å². The molecule has 0 spiro atoms. The standard InChI is InChI=1S/C14H20O4.Li/c1-14(2)17-11-10(8-9-6-4-5-7-9)16-13(15-3)12(11)18-14;/h4-7,9-13H,8H2,1-3H3;/q;+1/t10?,11?,12-,13?;/m0./s1. The van der Waals surface area contributed by atoms with Crippen molar-refractivity contribution in [2.45, 2.75) is 50.7 Å². The monoisotopic (exact) mass is 259 g/mol. The number of methoxy groups -OCH3 is 1. The Morgan fingerprint density at radius 2 is 1.74 bits per heavy atom. The molecule has 0 amide bonds. The summed E-state index contributed by atoms with van der Waals surface area (Å²) >= 11 is 0. The predicted octanol–water partition coefficient (Wildman–Crippen LogP) is -0.986. The van der Waals surface area contributed by atoms with Gasteiger partial charge in [0.2, 0.25) is 0 Å². The number of fused-ring (bicyclic) bond motifs is 1. The Kier molecular flexibility index (Phi) is 4.62. The Bertz CT molecular complexity index is 368. The van der Waals surface area contributed by atoms with Gasteiger partial charge in [0.15, 0.2) is 12.1 Å². The van der Waals surface area contributed by atoms with Crippen LogP contribution in [0, 0.1) is 5.92 Å². The van der Waals surface area contributed by atoms with Gasteiger partial charge in [-0.2, -0.15) is 0 Å². The van der Waals surface area contributed by atoms with Gasteiger partial charge in [0.05, 0.1) is 6.10 Å². The van der Waals surface area contributed by atoms with Gasteiger partial charge in [-0.05, 0) is 26.2 Å². The molecule has 3 rings (SSSR count). The predicted molar refractivity (Wildman–Crippen MR) is 65.9 cm³/mol. The fourth-order valence-corrected chi connectivity index (χ4v) is 2.92. The minimum atomic E-state index is -0.546. The van der Waals surface area contributed by atoms with Crippen LogP contribution in [0.25, 0.3) is 0 Å². The molecule has 2 aliphatic heterocycles. The Balaban J connectivity index is 0.00000133. The minimum absolute atomic E-state index is 0. The van der Waals surface area contributed by atoms with Crippen molar-refractivity contribution in [1.29, 1.82) is 0 Å². The Hall–Kier alpha value is -0.0826. The third-order valence-corrected chi connectivity index (χ3v) is 3.67. The van der Waals surface area contributed by atoms with Crippen molar-refractivity contribution < 1.29 is 37.8 Å². The van der Waals surface area contributed by atoms with E-state index < -0.39 is 5.79 Å². The second kappa shape index (κ2) is 5.73. The van der Waals surface area contributed by atoms with Gasteiger partial charge < -0.3 is 18.9 Å². The quantitative estimate of drug-likeness (QED) is 0.610. The molecule has 19 heavy (non-hydrogen) atoms. The van der Waals surface area contributed by atoms with Gasteiger partial charge in [-0.3, -0.25) is 0 Å². The third-order valence-electron chi connectivity index (χ3n) is 3.67. The van der Waals surface area contributed by atoms with Crippen LogP contribution in [-0.2, 0) is 18.9 Å².